The van der Waals surface area contributed by atoms with E-state index < -0.39 is 18.0 Å². The molecular weight excluding hydrogens is 345 g/mol. The van der Waals surface area contributed by atoms with E-state index in [1.54, 1.807) is 18.5 Å². The summed E-state index contributed by atoms with van der Waals surface area (Å²) in [6.45, 7) is 3.86. The molecule has 3 atom stereocenters. The Morgan fingerprint density at radius 2 is 2.25 bits per heavy atom. The smallest absolute Gasteiger partial charge is 0.543 e. The van der Waals surface area contributed by atoms with Crippen LogP contribution in [0.3, 0.4) is 0 Å². The Balaban J connectivity index is 0.00000208. The minimum Gasteiger partial charge on any atom is -0.543 e. The molecule has 0 spiro atoms. The van der Waals surface area contributed by atoms with E-state index in [0.717, 1.165) is 0 Å². The van der Waals surface area contributed by atoms with Crippen molar-refractivity contribution < 1.29 is 49.4 Å². The molecule has 1 fully saturated rings. The number of tetrazole rings is 1. The number of aliphatic carboxylic acids is 1. The molecule has 9 nitrogen and oxygen atoms in total. The van der Waals surface area contributed by atoms with Gasteiger partial charge in [-0.2, -0.15) is 0 Å². The van der Waals surface area contributed by atoms with Gasteiger partial charge in [-0.15, -0.1) is 16.9 Å². The number of thioether (sulfide) groups is 1. The quantitative estimate of drug-likeness (QED) is 0.396. The minimum atomic E-state index is -1.36. The fourth-order valence-corrected chi connectivity index (χ4v) is 4.18. The van der Waals surface area contributed by atoms with E-state index in [2.05, 4.69) is 15.5 Å². The average Bonchev–Trinajstić information content (AvgIpc) is 3.01. The zero-order valence-corrected chi connectivity index (χ0v) is 16.5. The number of nitrogens with zero attached hydrogens (tertiary/aromatic N) is 5. The number of hydrogen-bond acceptors (Lipinski definition) is 8. The molecule has 1 saturated heterocycles. The van der Waals surface area contributed by atoms with Gasteiger partial charge in [0.2, 0.25) is 5.91 Å². The summed E-state index contributed by atoms with van der Waals surface area (Å²) < 4.78 is 1.62. The maximum absolute atomic E-state index is 12.1. The summed E-state index contributed by atoms with van der Waals surface area (Å²) in [7, 11) is 0. The minimum absolute atomic E-state index is 0. The third kappa shape index (κ3) is 3.25. The Morgan fingerprint density at radius 1 is 1.54 bits per heavy atom. The first-order valence-electron chi connectivity index (χ1n) is 7.23. The van der Waals surface area contributed by atoms with Crippen LogP contribution in [0.15, 0.2) is 10.6 Å². The average molecular weight is 361 g/mol. The van der Waals surface area contributed by atoms with Crippen molar-refractivity contribution in [3.8, 4) is 0 Å². The van der Waals surface area contributed by atoms with Crippen LogP contribution in [-0.2, 0) is 16.1 Å². The van der Waals surface area contributed by atoms with E-state index in [1.165, 1.54) is 16.7 Å². The van der Waals surface area contributed by atoms with Gasteiger partial charge < -0.3 is 19.9 Å². The number of aromatic nitrogens is 4. The third-order valence-electron chi connectivity index (χ3n) is 4.17. The monoisotopic (exact) mass is 361 g/mol. The van der Waals surface area contributed by atoms with Crippen molar-refractivity contribution in [2.75, 3.05) is 5.75 Å². The van der Waals surface area contributed by atoms with Gasteiger partial charge in [0.05, 0.1) is 36.3 Å². The van der Waals surface area contributed by atoms with Crippen LogP contribution in [0.5, 0.6) is 0 Å². The van der Waals surface area contributed by atoms with Crippen molar-refractivity contribution in [3.63, 3.8) is 0 Å². The third-order valence-corrected chi connectivity index (χ3v) is 5.27. The van der Waals surface area contributed by atoms with Crippen molar-refractivity contribution in [1.29, 1.82) is 0 Å². The Labute approximate surface area is 164 Å². The van der Waals surface area contributed by atoms with Gasteiger partial charge >= 0.3 is 29.6 Å². The number of amides is 1. The van der Waals surface area contributed by atoms with Crippen molar-refractivity contribution in [1.82, 2.24) is 25.1 Å². The Kier molecular flexibility index (Phi) is 6.08. The summed E-state index contributed by atoms with van der Waals surface area (Å²) in [5.41, 5.74) is -0.0599. The van der Waals surface area contributed by atoms with Gasteiger partial charge in [-0.1, -0.05) is 0 Å². The van der Waals surface area contributed by atoms with Crippen LogP contribution in [0.2, 0.25) is 0 Å². The Bertz CT molecular complexity index is 692. The number of rotatable bonds is 6. The fourth-order valence-electron chi connectivity index (χ4n) is 3.06. The summed E-state index contributed by atoms with van der Waals surface area (Å²) in [4.78, 5) is 25.3. The van der Waals surface area contributed by atoms with Gasteiger partial charge in [0.15, 0.2) is 0 Å². The van der Waals surface area contributed by atoms with Crippen molar-refractivity contribution in [2.45, 2.75) is 39.0 Å². The first-order valence-corrected chi connectivity index (χ1v) is 8.21. The van der Waals surface area contributed by atoms with Crippen LogP contribution < -0.4 is 34.7 Å². The molecule has 124 valence electrons. The topological polar surface area (TPSA) is 124 Å². The molecule has 3 heterocycles. The van der Waals surface area contributed by atoms with Crippen LogP contribution in [0.4, 0.5) is 0 Å². The van der Waals surface area contributed by atoms with Crippen molar-refractivity contribution in [3.05, 3.63) is 16.4 Å². The molecule has 1 aromatic heterocycles. The number of carboxylic acid groups (broad SMARTS) is 1. The van der Waals surface area contributed by atoms with Gasteiger partial charge in [0, 0.05) is 17.1 Å². The molecule has 1 amide bonds. The standard InChI is InChI=1S/C13H17N5O4S.Na/c1-6(19)10-8-5-9(11(13(21)22)18(8)12(10)20)23-4-3-17-7(2)14-15-16-17;/h6,8,10,19H,3-5H2,1-2H3,(H,21,22);/q;+1/p-1/t6-,8+,10-;/m0./s1. The summed E-state index contributed by atoms with van der Waals surface area (Å²) in [5.74, 6) is -0.989. The maximum atomic E-state index is 12.1. The molecule has 2 aliphatic rings. The van der Waals surface area contributed by atoms with Crippen molar-refractivity contribution >= 4 is 23.6 Å². The zero-order valence-electron chi connectivity index (χ0n) is 13.7. The first-order chi connectivity index (χ1) is 10.9. The number of aliphatic hydroxyl groups excluding tert-OH is 1. The van der Waals surface area contributed by atoms with Gasteiger partial charge in [-0.25, -0.2) is 4.68 Å². The van der Waals surface area contributed by atoms with E-state index in [1.807, 2.05) is 0 Å². The van der Waals surface area contributed by atoms with E-state index in [4.69, 9.17) is 0 Å². The molecule has 1 N–H and O–H groups in total. The molecule has 24 heavy (non-hydrogen) atoms. The number of aryl methyl sites for hydroxylation is 2. The molecule has 0 aromatic carbocycles. The molecule has 3 rings (SSSR count). The van der Waals surface area contributed by atoms with E-state index in [-0.39, 0.29) is 47.2 Å². The molecule has 2 aliphatic heterocycles. The molecule has 11 heteroatoms. The molecule has 1 aromatic rings. The molecule has 0 saturated carbocycles. The Morgan fingerprint density at radius 3 is 2.79 bits per heavy atom. The fraction of sp³-hybridized carbons (Fsp3) is 0.615. The number of carbonyl (C=O) groups excluding carboxylic acids is 2. The number of carboxylic acids is 1. The maximum Gasteiger partial charge on any atom is 1.00 e. The number of carbonyl (C=O) groups is 2. The molecule has 0 aliphatic carbocycles. The van der Waals surface area contributed by atoms with Crippen LogP contribution >= 0.6 is 11.8 Å². The van der Waals surface area contributed by atoms with Crippen LogP contribution in [-0.4, -0.2) is 60.0 Å². The Hall–Kier alpha value is -0.940. The number of fused-ring (bicyclic) bond motifs is 1. The SMILES string of the molecule is Cc1nnnn1CCSC1=C(C(=O)[O-])N2C(=O)[C@@H]([C@H](C)O)[C@H]2C1.[Na+]. The molecule has 0 radical (unpaired) electrons. The number of hydrogen-bond donors (Lipinski definition) is 1. The van der Waals surface area contributed by atoms with Gasteiger partial charge in [0.1, 0.15) is 5.82 Å². The molecule has 0 bridgehead atoms. The van der Waals surface area contributed by atoms with Gasteiger partial charge in [0.25, 0.3) is 0 Å². The number of β-lactam (4-membered cyclic amide) rings is 1. The van der Waals surface area contributed by atoms with Gasteiger partial charge in [-0.3, -0.25) is 4.79 Å². The summed E-state index contributed by atoms with van der Waals surface area (Å²) in [6.07, 6.45) is -0.357. The van der Waals surface area contributed by atoms with Gasteiger partial charge in [-0.05, 0) is 24.3 Å². The predicted octanol–water partition coefficient (Wildman–Crippen LogP) is -4.71. The zero-order chi connectivity index (χ0) is 16.7. The first kappa shape index (κ1) is 19.4. The van der Waals surface area contributed by atoms with E-state index >= 15 is 0 Å². The predicted molar refractivity (Wildman–Crippen MR) is 77.5 cm³/mol. The second kappa shape index (κ2) is 7.52. The van der Waals surface area contributed by atoms with E-state index in [0.29, 0.717) is 29.4 Å². The summed E-state index contributed by atoms with van der Waals surface area (Å²) in [5, 5.41) is 32.2. The largest absolute Gasteiger partial charge is 1.00 e. The molecular formula is C13H16N5NaO4S. The van der Waals surface area contributed by atoms with Crippen molar-refractivity contribution in [2.24, 2.45) is 5.92 Å². The number of aliphatic hydroxyl groups is 1. The summed E-state index contributed by atoms with van der Waals surface area (Å²) >= 11 is 1.36. The van der Waals surface area contributed by atoms with Crippen LogP contribution in [0.1, 0.15) is 19.2 Å². The normalized spacial score (nSPS) is 23.6. The summed E-state index contributed by atoms with van der Waals surface area (Å²) in [6, 6.07) is -0.285. The van der Waals surface area contributed by atoms with E-state index in [9.17, 15) is 19.8 Å². The molecule has 0 unspecified atom stereocenters. The van der Waals surface area contributed by atoms with Crippen LogP contribution in [0, 0.1) is 12.8 Å². The second-order valence-electron chi connectivity index (χ2n) is 5.60. The second-order valence-corrected chi connectivity index (χ2v) is 6.79. The van der Waals surface area contributed by atoms with Crippen LogP contribution in [0.25, 0.3) is 0 Å².